The molecule has 0 spiro atoms. The van der Waals surface area contributed by atoms with Crippen LogP contribution in [0.4, 0.5) is 4.39 Å². The van der Waals surface area contributed by atoms with Crippen molar-refractivity contribution in [1.29, 1.82) is 0 Å². The van der Waals surface area contributed by atoms with Gasteiger partial charge in [0.05, 0.1) is 17.2 Å². The molecule has 2 atom stereocenters. The lowest BCUT2D eigenvalue weighted by Crippen LogP contribution is -2.45. The summed E-state index contributed by atoms with van der Waals surface area (Å²) in [4.78, 5) is 24.6. The molecule has 1 aliphatic rings. The predicted octanol–water partition coefficient (Wildman–Crippen LogP) is 2.68. The zero-order valence-electron chi connectivity index (χ0n) is 18.9. The molecule has 2 amide bonds. The number of hydrogen-bond acceptors (Lipinski definition) is 4. The summed E-state index contributed by atoms with van der Waals surface area (Å²) in [5.41, 5.74) is 4.71. The van der Waals surface area contributed by atoms with Gasteiger partial charge in [0.25, 0.3) is 0 Å². The van der Waals surface area contributed by atoms with E-state index in [1.807, 2.05) is 12.1 Å². The second-order valence-corrected chi connectivity index (χ2v) is 9.01. The summed E-state index contributed by atoms with van der Waals surface area (Å²) in [5.74, 6) is -0.868. The molecular formula is C25H26FN5O3. The van der Waals surface area contributed by atoms with Gasteiger partial charge in [0.2, 0.25) is 11.8 Å². The number of aromatic nitrogens is 3. The van der Waals surface area contributed by atoms with Gasteiger partial charge in [0, 0.05) is 35.1 Å². The van der Waals surface area contributed by atoms with Gasteiger partial charge in [0.15, 0.2) is 0 Å². The van der Waals surface area contributed by atoms with Crippen molar-refractivity contribution < 1.29 is 19.1 Å². The largest absolute Gasteiger partial charge is 0.389 e. The Morgan fingerprint density at radius 3 is 2.74 bits per heavy atom. The molecule has 2 aromatic heterocycles. The number of hydrogen-bond donors (Lipinski definition) is 4. The molecule has 0 aliphatic carbocycles. The molecule has 4 N–H and O–H groups in total. The Kier molecular flexibility index (Phi) is 5.57. The quantitative estimate of drug-likeness (QED) is 0.352. The number of rotatable bonds is 6. The van der Waals surface area contributed by atoms with Crippen molar-refractivity contribution >= 4 is 33.6 Å². The highest BCUT2D eigenvalue weighted by Gasteiger charge is 2.34. The first kappa shape index (κ1) is 22.1. The van der Waals surface area contributed by atoms with Crippen LogP contribution in [0.2, 0.25) is 0 Å². The van der Waals surface area contributed by atoms with E-state index in [1.54, 1.807) is 18.3 Å². The van der Waals surface area contributed by atoms with Crippen LogP contribution in [0, 0.1) is 5.82 Å². The number of β-amino-alcohol motifs (C(OH)–C–C–N with tert-alkyl or cyclic N) is 1. The second-order valence-electron chi connectivity index (χ2n) is 9.01. The minimum absolute atomic E-state index is 0.120. The SMILES string of the molecule is CC(C)c1c(CCC(=O)N[C@H]2C(=O)NC[C@@H]2O)c2cc3[nH]ncc3cc2n1-c1ccc(F)cc1. The number of aliphatic hydroxyl groups is 1. The highest BCUT2D eigenvalue weighted by Crippen LogP contribution is 2.36. The average molecular weight is 464 g/mol. The van der Waals surface area contributed by atoms with Crippen molar-refractivity contribution in [3.63, 3.8) is 0 Å². The third-order valence-corrected chi connectivity index (χ3v) is 6.38. The normalized spacial score (nSPS) is 18.2. The van der Waals surface area contributed by atoms with Crippen molar-refractivity contribution in [2.24, 2.45) is 0 Å². The molecule has 4 aromatic rings. The van der Waals surface area contributed by atoms with Gasteiger partial charge >= 0.3 is 0 Å². The van der Waals surface area contributed by atoms with Gasteiger partial charge in [-0.1, -0.05) is 13.8 Å². The molecule has 9 heteroatoms. The summed E-state index contributed by atoms with van der Waals surface area (Å²) in [6.07, 6.45) is 1.42. The van der Waals surface area contributed by atoms with E-state index in [0.29, 0.717) is 6.42 Å². The Morgan fingerprint density at radius 1 is 1.29 bits per heavy atom. The standard InChI is InChI=1S/C25H26FN5O3/c1-13(2)24-17(7-8-22(33)29-23-21(32)12-27-25(23)34)18-10-19-14(11-28-30-19)9-20(18)31(24)16-5-3-15(26)4-6-16/h3-6,9-11,13,21,23,32H,7-8,12H2,1-2H3,(H,27,34)(H,28,30)(H,29,33)/t21-,23+/m0/s1. The maximum absolute atomic E-state index is 13.7. The molecule has 0 unspecified atom stereocenters. The van der Waals surface area contributed by atoms with E-state index in [9.17, 15) is 19.1 Å². The van der Waals surface area contributed by atoms with Crippen LogP contribution in [0.5, 0.6) is 0 Å². The topological polar surface area (TPSA) is 112 Å². The van der Waals surface area contributed by atoms with Crippen LogP contribution in [-0.4, -0.2) is 50.4 Å². The maximum Gasteiger partial charge on any atom is 0.245 e. The molecule has 3 heterocycles. The molecule has 1 saturated heterocycles. The van der Waals surface area contributed by atoms with Crippen molar-refractivity contribution in [3.05, 3.63) is 59.7 Å². The summed E-state index contributed by atoms with van der Waals surface area (Å²) in [5, 5.41) is 24.2. The van der Waals surface area contributed by atoms with E-state index in [-0.39, 0.29) is 36.5 Å². The first-order chi connectivity index (χ1) is 16.3. The molecule has 8 nitrogen and oxygen atoms in total. The molecule has 5 rings (SSSR count). The van der Waals surface area contributed by atoms with E-state index < -0.39 is 12.1 Å². The zero-order chi connectivity index (χ0) is 24.0. The third kappa shape index (κ3) is 3.81. The number of aliphatic hydroxyl groups excluding tert-OH is 1. The lowest BCUT2D eigenvalue weighted by Gasteiger charge is -2.16. The number of nitrogens with one attached hydrogen (secondary N) is 3. The van der Waals surface area contributed by atoms with Crippen molar-refractivity contribution in [1.82, 2.24) is 25.4 Å². The Bertz CT molecular complexity index is 1390. The van der Waals surface area contributed by atoms with Gasteiger partial charge < -0.3 is 20.3 Å². The van der Waals surface area contributed by atoms with Crippen molar-refractivity contribution in [2.75, 3.05) is 6.54 Å². The Morgan fingerprint density at radius 2 is 2.06 bits per heavy atom. The minimum Gasteiger partial charge on any atom is -0.389 e. The average Bonchev–Trinajstić information content (AvgIpc) is 3.48. The van der Waals surface area contributed by atoms with Gasteiger partial charge in [-0.3, -0.25) is 14.7 Å². The highest BCUT2D eigenvalue weighted by atomic mass is 19.1. The maximum atomic E-state index is 13.7. The molecule has 2 aromatic carbocycles. The van der Waals surface area contributed by atoms with Crippen LogP contribution < -0.4 is 10.6 Å². The Hall–Kier alpha value is -3.72. The van der Waals surface area contributed by atoms with E-state index in [4.69, 9.17) is 0 Å². The number of fused-ring (bicyclic) bond motifs is 2. The van der Waals surface area contributed by atoms with Crippen LogP contribution in [0.15, 0.2) is 42.6 Å². The summed E-state index contributed by atoms with van der Waals surface area (Å²) in [7, 11) is 0. The lowest BCUT2D eigenvalue weighted by molar-refractivity contribution is -0.128. The number of halogens is 1. The van der Waals surface area contributed by atoms with Gasteiger partial charge in [-0.05, 0) is 54.3 Å². The van der Waals surface area contributed by atoms with Crippen LogP contribution in [-0.2, 0) is 16.0 Å². The fraction of sp³-hybridized carbons (Fsp3) is 0.320. The molecule has 0 radical (unpaired) electrons. The fourth-order valence-electron chi connectivity index (χ4n) is 4.80. The summed E-state index contributed by atoms with van der Waals surface area (Å²) in [6.45, 7) is 4.31. The molecule has 0 saturated carbocycles. The van der Waals surface area contributed by atoms with Crippen molar-refractivity contribution in [2.45, 2.75) is 44.8 Å². The number of aromatic amines is 1. The van der Waals surface area contributed by atoms with Crippen LogP contribution in [0.3, 0.4) is 0 Å². The number of benzene rings is 2. The minimum atomic E-state index is -0.934. The molecule has 1 fully saturated rings. The van der Waals surface area contributed by atoms with Gasteiger partial charge in [-0.2, -0.15) is 5.10 Å². The number of H-pyrrole nitrogens is 1. The summed E-state index contributed by atoms with van der Waals surface area (Å²) < 4.78 is 15.8. The number of carbonyl (C=O) groups is 2. The van der Waals surface area contributed by atoms with Crippen LogP contribution in [0.1, 0.15) is 37.4 Å². The molecule has 0 bridgehead atoms. The molecule has 176 valence electrons. The second kappa shape index (κ2) is 8.57. The van der Waals surface area contributed by atoms with Gasteiger partial charge in [0.1, 0.15) is 18.0 Å². The van der Waals surface area contributed by atoms with Crippen molar-refractivity contribution in [3.8, 4) is 5.69 Å². The number of carbonyl (C=O) groups excluding carboxylic acids is 2. The molecule has 1 aliphatic heterocycles. The summed E-state index contributed by atoms with van der Waals surface area (Å²) in [6, 6.07) is 9.52. The van der Waals surface area contributed by atoms with Gasteiger partial charge in [-0.15, -0.1) is 0 Å². The first-order valence-corrected chi connectivity index (χ1v) is 11.3. The van der Waals surface area contributed by atoms with Crippen LogP contribution in [0.25, 0.3) is 27.5 Å². The van der Waals surface area contributed by atoms with E-state index >= 15 is 0 Å². The lowest BCUT2D eigenvalue weighted by atomic mass is 9.98. The fourth-order valence-corrected chi connectivity index (χ4v) is 4.80. The zero-order valence-corrected chi connectivity index (χ0v) is 18.9. The van der Waals surface area contributed by atoms with E-state index in [1.165, 1.54) is 12.1 Å². The molecule has 34 heavy (non-hydrogen) atoms. The highest BCUT2D eigenvalue weighted by molar-refractivity contribution is 5.99. The van der Waals surface area contributed by atoms with E-state index in [0.717, 1.165) is 38.8 Å². The number of aryl methyl sites for hydroxylation is 1. The molecular weight excluding hydrogens is 437 g/mol. The number of amides is 2. The first-order valence-electron chi connectivity index (χ1n) is 11.3. The Labute approximate surface area is 195 Å². The number of nitrogens with zero attached hydrogens (tertiary/aromatic N) is 2. The monoisotopic (exact) mass is 463 g/mol. The predicted molar refractivity (Wildman–Crippen MR) is 126 cm³/mol. The Balaban J connectivity index is 1.57. The third-order valence-electron chi connectivity index (χ3n) is 6.38. The smallest absolute Gasteiger partial charge is 0.245 e. The van der Waals surface area contributed by atoms with Gasteiger partial charge in [-0.25, -0.2) is 4.39 Å². The summed E-state index contributed by atoms with van der Waals surface area (Å²) >= 11 is 0. The van der Waals surface area contributed by atoms with E-state index in [2.05, 4.69) is 39.2 Å². The van der Waals surface area contributed by atoms with Crippen LogP contribution >= 0.6 is 0 Å².